The Bertz CT molecular complexity index is 913. The summed E-state index contributed by atoms with van der Waals surface area (Å²) in [5.41, 5.74) is 3.20. The van der Waals surface area contributed by atoms with Crippen molar-refractivity contribution in [3.63, 3.8) is 0 Å². The number of benzene rings is 2. The van der Waals surface area contributed by atoms with Crippen LogP contribution in [0, 0.1) is 0 Å². The quantitative estimate of drug-likeness (QED) is 0.845. The van der Waals surface area contributed by atoms with Crippen LogP contribution in [0.1, 0.15) is 55.2 Å². The third-order valence-corrected chi connectivity index (χ3v) is 5.80. The van der Waals surface area contributed by atoms with Crippen LogP contribution in [0.2, 0.25) is 0 Å². The van der Waals surface area contributed by atoms with Crippen molar-refractivity contribution in [1.29, 1.82) is 0 Å². The van der Waals surface area contributed by atoms with Crippen molar-refractivity contribution >= 4 is 21.6 Å². The molecule has 2 rings (SSSR count). The van der Waals surface area contributed by atoms with Crippen LogP contribution in [0.4, 0.5) is 5.69 Å². The fraction of sp³-hybridized carbons (Fsp3) is 0.381. The molecule has 2 aromatic carbocycles. The number of sulfonamides is 1. The van der Waals surface area contributed by atoms with Gasteiger partial charge in [-0.2, -0.15) is 0 Å². The highest BCUT2D eigenvalue weighted by atomic mass is 32.2. The number of nitrogens with one attached hydrogen (secondary N) is 1. The molecule has 0 aromatic heterocycles. The van der Waals surface area contributed by atoms with Gasteiger partial charge in [0.1, 0.15) is 0 Å². The zero-order chi connectivity index (χ0) is 20.4. The Labute approximate surface area is 162 Å². The zero-order valence-electron chi connectivity index (χ0n) is 16.8. The molecule has 0 fully saturated rings. The van der Waals surface area contributed by atoms with Gasteiger partial charge in [0, 0.05) is 12.6 Å². The van der Waals surface area contributed by atoms with E-state index in [1.807, 2.05) is 19.1 Å². The predicted octanol–water partition coefficient (Wildman–Crippen LogP) is 3.87. The fourth-order valence-corrected chi connectivity index (χ4v) is 3.17. The summed E-state index contributed by atoms with van der Waals surface area (Å²) < 4.78 is 24.5. The second kappa shape index (κ2) is 7.72. The Morgan fingerprint density at radius 3 is 2.19 bits per heavy atom. The lowest BCUT2D eigenvalue weighted by Gasteiger charge is -2.21. The van der Waals surface area contributed by atoms with Crippen molar-refractivity contribution in [2.45, 2.75) is 39.2 Å². The Morgan fingerprint density at radius 1 is 1.07 bits per heavy atom. The Hall–Kier alpha value is -2.34. The van der Waals surface area contributed by atoms with Gasteiger partial charge in [0.15, 0.2) is 0 Å². The monoisotopic (exact) mass is 388 g/mol. The van der Waals surface area contributed by atoms with Gasteiger partial charge in [-0.25, -0.2) is 8.42 Å². The molecule has 1 atom stereocenters. The summed E-state index contributed by atoms with van der Waals surface area (Å²) in [5, 5.41) is 2.97. The highest BCUT2D eigenvalue weighted by Gasteiger charge is 2.17. The number of carbonyl (C=O) groups excluding carboxylic acids is 1. The topological polar surface area (TPSA) is 66.5 Å². The number of amides is 1. The third kappa shape index (κ3) is 5.32. The molecule has 0 radical (unpaired) electrons. The lowest BCUT2D eigenvalue weighted by atomic mass is 9.86. The average molecular weight is 389 g/mol. The van der Waals surface area contributed by atoms with E-state index >= 15 is 0 Å². The molecule has 27 heavy (non-hydrogen) atoms. The number of nitrogens with zero attached hydrogens (tertiary/aromatic N) is 1. The maximum atomic E-state index is 12.6. The lowest BCUT2D eigenvalue weighted by molar-refractivity contribution is 0.0940. The first kappa shape index (κ1) is 21.0. The van der Waals surface area contributed by atoms with Crippen LogP contribution in [0.3, 0.4) is 0 Å². The molecule has 0 saturated heterocycles. The van der Waals surface area contributed by atoms with Gasteiger partial charge in [-0.1, -0.05) is 51.1 Å². The summed E-state index contributed by atoms with van der Waals surface area (Å²) in [6.07, 6.45) is 1.13. The Kier molecular flexibility index (Phi) is 6.00. The van der Waals surface area contributed by atoms with E-state index in [1.54, 1.807) is 24.3 Å². The van der Waals surface area contributed by atoms with Crippen molar-refractivity contribution < 1.29 is 13.2 Å². The second-order valence-electron chi connectivity index (χ2n) is 7.85. The number of hydrogen-bond donors (Lipinski definition) is 1. The molecule has 0 saturated carbocycles. The standard InChI is InChI=1S/C21H28N2O3S/c1-15(16-10-12-18(13-11-16)21(2,3)4)22-20(24)17-8-7-9-19(14-17)23(5)27(6,25)26/h7-15H,1-6H3,(H,22,24)/t15-/m1/s1. The summed E-state index contributed by atoms with van der Waals surface area (Å²) in [6, 6.07) is 14.6. The highest BCUT2D eigenvalue weighted by molar-refractivity contribution is 7.92. The highest BCUT2D eigenvalue weighted by Crippen LogP contribution is 2.24. The van der Waals surface area contributed by atoms with Gasteiger partial charge in [0.2, 0.25) is 10.0 Å². The molecular weight excluding hydrogens is 360 g/mol. The Balaban J connectivity index is 2.15. The zero-order valence-corrected chi connectivity index (χ0v) is 17.6. The number of anilines is 1. The molecule has 1 amide bonds. The van der Waals surface area contributed by atoms with Crippen LogP contribution in [0.25, 0.3) is 0 Å². The van der Waals surface area contributed by atoms with E-state index < -0.39 is 10.0 Å². The lowest BCUT2D eigenvalue weighted by Crippen LogP contribution is -2.28. The molecule has 146 valence electrons. The number of carbonyl (C=O) groups is 1. The van der Waals surface area contributed by atoms with Gasteiger partial charge in [0.05, 0.1) is 18.0 Å². The van der Waals surface area contributed by atoms with E-state index in [0.29, 0.717) is 11.3 Å². The van der Waals surface area contributed by atoms with Gasteiger partial charge in [-0.15, -0.1) is 0 Å². The maximum Gasteiger partial charge on any atom is 0.251 e. The first-order chi connectivity index (χ1) is 12.4. The van der Waals surface area contributed by atoms with Crippen molar-refractivity contribution in [3.8, 4) is 0 Å². The van der Waals surface area contributed by atoms with Crippen LogP contribution < -0.4 is 9.62 Å². The van der Waals surface area contributed by atoms with Crippen LogP contribution >= 0.6 is 0 Å². The molecule has 0 bridgehead atoms. The Morgan fingerprint density at radius 2 is 1.67 bits per heavy atom. The molecule has 0 aliphatic heterocycles. The molecule has 0 aliphatic rings. The maximum absolute atomic E-state index is 12.6. The van der Waals surface area contributed by atoms with Crippen molar-refractivity contribution in [2.24, 2.45) is 0 Å². The van der Waals surface area contributed by atoms with E-state index in [-0.39, 0.29) is 17.4 Å². The van der Waals surface area contributed by atoms with Gasteiger partial charge in [-0.3, -0.25) is 9.10 Å². The molecule has 2 aromatic rings. The minimum atomic E-state index is -3.38. The molecule has 5 nitrogen and oxygen atoms in total. The summed E-state index contributed by atoms with van der Waals surface area (Å²) in [4.78, 5) is 12.6. The van der Waals surface area contributed by atoms with Gasteiger partial charge >= 0.3 is 0 Å². The summed E-state index contributed by atoms with van der Waals surface area (Å²) in [5.74, 6) is -0.244. The van der Waals surface area contributed by atoms with Gasteiger partial charge in [-0.05, 0) is 41.7 Å². The average Bonchev–Trinajstić information content (AvgIpc) is 2.59. The summed E-state index contributed by atoms with van der Waals surface area (Å²) in [7, 11) is -1.91. The molecule has 0 aliphatic carbocycles. The van der Waals surface area contributed by atoms with E-state index in [2.05, 4.69) is 38.2 Å². The van der Waals surface area contributed by atoms with E-state index in [9.17, 15) is 13.2 Å². The van der Waals surface area contributed by atoms with Crippen LogP contribution in [-0.4, -0.2) is 27.6 Å². The normalized spacial score (nSPS) is 13.1. The van der Waals surface area contributed by atoms with E-state index in [0.717, 1.165) is 16.1 Å². The minimum Gasteiger partial charge on any atom is -0.346 e. The molecule has 6 heteroatoms. The van der Waals surface area contributed by atoms with Crippen LogP contribution in [-0.2, 0) is 15.4 Å². The van der Waals surface area contributed by atoms with Crippen molar-refractivity contribution in [1.82, 2.24) is 5.32 Å². The van der Waals surface area contributed by atoms with Crippen molar-refractivity contribution in [2.75, 3.05) is 17.6 Å². The molecule has 0 unspecified atom stereocenters. The SMILES string of the molecule is C[C@@H](NC(=O)c1cccc(N(C)S(C)(=O)=O)c1)c1ccc(C(C)(C)C)cc1. The number of rotatable bonds is 5. The molecule has 1 N–H and O–H groups in total. The third-order valence-electron chi connectivity index (χ3n) is 4.59. The summed E-state index contributed by atoms with van der Waals surface area (Å²) in [6.45, 7) is 8.41. The van der Waals surface area contributed by atoms with Gasteiger partial charge < -0.3 is 5.32 Å². The van der Waals surface area contributed by atoms with Gasteiger partial charge in [0.25, 0.3) is 5.91 Å². The molecular formula is C21H28N2O3S. The first-order valence-electron chi connectivity index (χ1n) is 8.85. The van der Waals surface area contributed by atoms with Crippen LogP contribution in [0.5, 0.6) is 0 Å². The smallest absolute Gasteiger partial charge is 0.251 e. The molecule has 0 spiro atoms. The second-order valence-corrected chi connectivity index (χ2v) is 9.86. The molecule has 0 heterocycles. The van der Waals surface area contributed by atoms with E-state index in [1.165, 1.54) is 12.6 Å². The van der Waals surface area contributed by atoms with E-state index in [4.69, 9.17) is 0 Å². The largest absolute Gasteiger partial charge is 0.346 e. The minimum absolute atomic E-state index is 0.0805. The predicted molar refractivity (Wildman–Crippen MR) is 111 cm³/mol. The fourth-order valence-electron chi connectivity index (χ4n) is 2.67. The van der Waals surface area contributed by atoms with Crippen molar-refractivity contribution in [3.05, 3.63) is 65.2 Å². The first-order valence-corrected chi connectivity index (χ1v) is 10.7. The summed E-state index contributed by atoms with van der Waals surface area (Å²) >= 11 is 0. The van der Waals surface area contributed by atoms with Crippen LogP contribution in [0.15, 0.2) is 48.5 Å². The number of hydrogen-bond acceptors (Lipinski definition) is 3.